The standard InChI is InChI=1S/C17H22ClN3O2S/c1-11(19)7-8-20-17(22)12(2)24-10-16-21-9-15(23-16)13-3-5-14(18)6-4-13/h3-6,9,11-12H,7-8,10,19H2,1-2H3,(H,20,22). The number of oxazole rings is 1. The average molecular weight is 368 g/mol. The van der Waals surface area contributed by atoms with E-state index in [1.165, 1.54) is 11.8 Å². The normalized spacial score (nSPS) is 13.5. The van der Waals surface area contributed by atoms with Crippen molar-refractivity contribution in [2.24, 2.45) is 5.73 Å². The van der Waals surface area contributed by atoms with Crippen LogP contribution in [0.1, 0.15) is 26.2 Å². The number of nitrogens with one attached hydrogen (secondary N) is 1. The van der Waals surface area contributed by atoms with Crippen molar-refractivity contribution in [1.82, 2.24) is 10.3 Å². The van der Waals surface area contributed by atoms with Gasteiger partial charge in [-0.05, 0) is 44.5 Å². The van der Waals surface area contributed by atoms with Crippen molar-refractivity contribution >= 4 is 29.3 Å². The molecule has 0 aliphatic carbocycles. The van der Waals surface area contributed by atoms with Gasteiger partial charge >= 0.3 is 0 Å². The minimum Gasteiger partial charge on any atom is -0.440 e. The molecule has 2 unspecified atom stereocenters. The molecular formula is C17H22ClN3O2S. The molecule has 2 aromatic rings. The Morgan fingerprint density at radius 3 is 2.75 bits per heavy atom. The Bertz CT molecular complexity index is 658. The largest absolute Gasteiger partial charge is 0.440 e. The Labute approximate surface area is 151 Å². The van der Waals surface area contributed by atoms with E-state index >= 15 is 0 Å². The number of hydrogen-bond acceptors (Lipinski definition) is 5. The molecule has 24 heavy (non-hydrogen) atoms. The summed E-state index contributed by atoms with van der Waals surface area (Å²) in [5, 5.41) is 3.38. The first-order valence-corrected chi connectivity index (χ1v) is 9.24. The number of benzene rings is 1. The predicted octanol–water partition coefficient (Wildman–Crippen LogP) is 3.47. The number of nitrogens with zero attached hydrogens (tertiary/aromatic N) is 1. The molecule has 5 nitrogen and oxygen atoms in total. The van der Waals surface area contributed by atoms with E-state index in [9.17, 15) is 4.79 Å². The summed E-state index contributed by atoms with van der Waals surface area (Å²) in [5.41, 5.74) is 6.58. The first-order valence-electron chi connectivity index (χ1n) is 7.81. The molecule has 0 fully saturated rings. The minimum atomic E-state index is -0.177. The summed E-state index contributed by atoms with van der Waals surface area (Å²) in [7, 11) is 0. The van der Waals surface area contributed by atoms with Gasteiger partial charge in [-0.3, -0.25) is 4.79 Å². The molecular weight excluding hydrogens is 346 g/mol. The topological polar surface area (TPSA) is 81.1 Å². The maximum Gasteiger partial charge on any atom is 0.232 e. The summed E-state index contributed by atoms with van der Waals surface area (Å²) in [6, 6.07) is 7.47. The number of carbonyl (C=O) groups excluding carboxylic acids is 1. The second-order valence-corrected chi connectivity index (χ2v) is 7.40. The van der Waals surface area contributed by atoms with E-state index in [4.69, 9.17) is 21.8 Å². The number of thioether (sulfide) groups is 1. The zero-order valence-electron chi connectivity index (χ0n) is 13.8. The summed E-state index contributed by atoms with van der Waals surface area (Å²) in [6.45, 7) is 4.39. The van der Waals surface area contributed by atoms with Crippen molar-refractivity contribution in [3.63, 3.8) is 0 Å². The summed E-state index contributed by atoms with van der Waals surface area (Å²) in [4.78, 5) is 16.2. The summed E-state index contributed by atoms with van der Waals surface area (Å²) in [6.07, 6.45) is 2.46. The molecule has 1 amide bonds. The van der Waals surface area contributed by atoms with Crippen LogP contribution in [-0.4, -0.2) is 28.7 Å². The van der Waals surface area contributed by atoms with E-state index in [1.54, 1.807) is 6.20 Å². The van der Waals surface area contributed by atoms with Crippen molar-refractivity contribution in [1.29, 1.82) is 0 Å². The Morgan fingerprint density at radius 2 is 2.08 bits per heavy atom. The number of amides is 1. The van der Waals surface area contributed by atoms with Crippen molar-refractivity contribution < 1.29 is 9.21 Å². The summed E-state index contributed by atoms with van der Waals surface area (Å²) < 4.78 is 5.73. The Hall–Kier alpha value is -1.50. The van der Waals surface area contributed by atoms with Crippen LogP contribution in [0.5, 0.6) is 0 Å². The lowest BCUT2D eigenvalue weighted by atomic mass is 10.2. The summed E-state index contributed by atoms with van der Waals surface area (Å²) >= 11 is 7.36. The third kappa shape index (κ3) is 5.85. The number of rotatable bonds is 8. The number of halogens is 1. The number of nitrogens with two attached hydrogens (primary N) is 1. The van der Waals surface area contributed by atoms with Gasteiger partial charge < -0.3 is 15.5 Å². The molecule has 0 aliphatic rings. The molecule has 0 aliphatic heterocycles. The third-order valence-corrected chi connectivity index (χ3v) is 4.79. The number of aromatic nitrogens is 1. The maximum atomic E-state index is 12.0. The molecule has 7 heteroatoms. The average Bonchev–Trinajstić information content (AvgIpc) is 3.01. The van der Waals surface area contributed by atoms with Gasteiger partial charge in [0.15, 0.2) is 5.76 Å². The molecule has 0 bridgehead atoms. The van der Waals surface area contributed by atoms with Crippen LogP contribution in [0.2, 0.25) is 5.02 Å². The number of carbonyl (C=O) groups is 1. The molecule has 2 rings (SSSR count). The molecule has 0 saturated carbocycles. The van der Waals surface area contributed by atoms with E-state index in [0.29, 0.717) is 29.0 Å². The minimum absolute atomic E-state index is 0.00475. The van der Waals surface area contributed by atoms with Crippen molar-refractivity contribution in [2.45, 2.75) is 37.3 Å². The van der Waals surface area contributed by atoms with Gasteiger partial charge in [-0.2, -0.15) is 0 Å². The molecule has 2 atom stereocenters. The first kappa shape index (κ1) is 18.8. The monoisotopic (exact) mass is 367 g/mol. The van der Waals surface area contributed by atoms with E-state index < -0.39 is 0 Å². The fraction of sp³-hybridized carbons (Fsp3) is 0.412. The second-order valence-electron chi connectivity index (χ2n) is 5.64. The van der Waals surface area contributed by atoms with Gasteiger partial charge in [0.25, 0.3) is 0 Å². The lowest BCUT2D eigenvalue weighted by molar-refractivity contribution is -0.120. The summed E-state index contributed by atoms with van der Waals surface area (Å²) in [5.74, 6) is 1.83. The molecule has 1 aromatic carbocycles. The van der Waals surface area contributed by atoms with Crippen LogP contribution >= 0.6 is 23.4 Å². The molecule has 1 aromatic heterocycles. The van der Waals surface area contributed by atoms with Crippen LogP contribution in [0, 0.1) is 0 Å². The lowest BCUT2D eigenvalue weighted by Gasteiger charge is -2.12. The lowest BCUT2D eigenvalue weighted by Crippen LogP contribution is -2.34. The smallest absolute Gasteiger partial charge is 0.232 e. The fourth-order valence-corrected chi connectivity index (χ4v) is 2.85. The maximum absolute atomic E-state index is 12.0. The van der Waals surface area contributed by atoms with Gasteiger partial charge in [-0.15, -0.1) is 11.8 Å². The van der Waals surface area contributed by atoms with Crippen LogP contribution in [0.15, 0.2) is 34.9 Å². The fourth-order valence-electron chi connectivity index (χ4n) is 1.96. The van der Waals surface area contributed by atoms with E-state index in [2.05, 4.69) is 10.3 Å². The quantitative estimate of drug-likeness (QED) is 0.746. The molecule has 0 spiro atoms. The molecule has 0 radical (unpaired) electrons. The Kier molecular flexibility index (Phi) is 7.15. The van der Waals surface area contributed by atoms with Crippen LogP contribution in [0.25, 0.3) is 11.3 Å². The first-order chi connectivity index (χ1) is 11.5. The SMILES string of the molecule is CC(N)CCNC(=O)C(C)SCc1ncc(-c2ccc(Cl)cc2)o1. The predicted molar refractivity (Wildman–Crippen MR) is 99.0 cm³/mol. The van der Waals surface area contributed by atoms with Crippen molar-refractivity contribution in [3.05, 3.63) is 41.4 Å². The van der Waals surface area contributed by atoms with Gasteiger partial charge in [-0.25, -0.2) is 4.98 Å². The van der Waals surface area contributed by atoms with Crippen LogP contribution in [0.4, 0.5) is 0 Å². The Morgan fingerprint density at radius 1 is 1.38 bits per heavy atom. The zero-order chi connectivity index (χ0) is 17.5. The van der Waals surface area contributed by atoms with Gasteiger partial charge in [0, 0.05) is 23.2 Å². The number of hydrogen-bond donors (Lipinski definition) is 2. The van der Waals surface area contributed by atoms with Crippen LogP contribution < -0.4 is 11.1 Å². The third-order valence-electron chi connectivity index (χ3n) is 3.41. The van der Waals surface area contributed by atoms with Gasteiger partial charge in [-0.1, -0.05) is 11.6 Å². The van der Waals surface area contributed by atoms with Gasteiger partial charge in [0.05, 0.1) is 17.2 Å². The zero-order valence-corrected chi connectivity index (χ0v) is 15.4. The second kappa shape index (κ2) is 9.11. The molecule has 1 heterocycles. The van der Waals surface area contributed by atoms with E-state index in [-0.39, 0.29) is 17.2 Å². The van der Waals surface area contributed by atoms with Gasteiger partial charge in [0.1, 0.15) is 0 Å². The highest BCUT2D eigenvalue weighted by molar-refractivity contribution is 7.99. The highest BCUT2D eigenvalue weighted by Crippen LogP contribution is 2.25. The van der Waals surface area contributed by atoms with Crippen LogP contribution in [-0.2, 0) is 10.5 Å². The van der Waals surface area contributed by atoms with E-state index in [1.807, 2.05) is 38.1 Å². The molecule has 3 N–H and O–H groups in total. The highest BCUT2D eigenvalue weighted by atomic mass is 35.5. The Balaban J connectivity index is 1.82. The van der Waals surface area contributed by atoms with Crippen molar-refractivity contribution in [2.75, 3.05) is 6.54 Å². The highest BCUT2D eigenvalue weighted by Gasteiger charge is 2.15. The van der Waals surface area contributed by atoms with Crippen molar-refractivity contribution in [3.8, 4) is 11.3 Å². The van der Waals surface area contributed by atoms with Gasteiger partial charge in [0.2, 0.25) is 11.8 Å². The van der Waals surface area contributed by atoms with Crippen LogP contribution in [0.3, 0.4) is 0 Å². The molecule has 0 saturated heterocycles. The molecule has 130 valence electrons. The van der Waals surface area contributed by atoms with E-state index in [0.717, 1.165) is 12.0 Å².